The van der Waals surface area contributed by atoms with Crippen LogP contribution in [0.1, 0.15) is 23.0 Å². The molecule has 0 spiro atoms. The Balaban J connectivity index is 2.20. The Morgan fingerprint density at radius 1 is 1.35 bits per heavy atom. The molecule has 0 unspecified atom stereocenters. The number of rotatable bonds is 3. The standard InChI is InChI=1S/C13H14N2O2/c1-2-12-9(7-8-17-12)13(16)15-11-6-4-3-5-10(11)14/h3-8H,2,14H2,1H3,(H,15,16). The number of aryl methyl sites for hydroxylation is 1. The second-order valence-electron chi connectivity index (χ2n) is 3.65. The topological polar surface area (TPSA) is 68.3 Å². The van der Waals surface area contributed by atoms with E-state index in [9.17, 15) is 4.79 Å². The van der Waals surface area contributed by atoms with Gasteiger partial charge < -0.3 is 15.5 Å². The van der Waals surface area contributed by atoms with Crippen LogP contribution in [0, 0.1) is 0 Å². The highest BCUT2D eigenvalue weighted by Crippen LogP contribution is 2.19. The van der Waals surface area contributed by atoms with Gasteiger partial charge in [-0.2, -0.15) is 0 Å². The molecule has 88 valence electrons. The SMILES string of the molecule is CCc1occc1C(=O)Nc1ccccc1N. The van der Waals surface area contributed by atoms with Crippen LogP contribution in [0.15, 0.2) is 41.0 Å². The lowest BCUT2D eigenvalue weighted by atomic mass is 10.2. The molecule has 0 atom stereocenters. The average molecular weight is 230 g/mol. The van der Waals surface area contributed by atoms with Gasteiger partial charge in [0.2, 0.25) is 0 Å². The van der Waals surface area contributed by atoms with E-state index in [4.69, 9.17) is 10.2 Å². The summed E-state index contributed by atoms with van der Waals surface area (Å²) < 4.78 is 5.21. The van der Waals surface area contributed by atoms with Crippen molar-refractivity contribution in [2.45, 2.75) is 13.3 Å². The van der Waals surface area contributed by atoms with E-state index in [1.807, 2.05) is 19.1 Å². The minimum atomic E-state index is -0.200. The number of anilines is 2. The Hall–Kier alpha value is -2.23. The molecule has 1 aromatic carbocycles. The Kier molecular flexibility index (Phi) is 3.14. The highest BCUT2D eigenvalue weighted by atomic mass is 16.3. The summed E-state index contributed by atoms with van der Waals surface area (Å²) in [6.45, 7) is 1.94. The second-order valence-corrected chi connectivity index (χ2v) is 3.65. The first kappa shape index (κ1) is 11.3. The first-order valence-electron chi connectivity index (χ1n) is 5.44. The Morgan fingerprint density at radius 3 is 2.82 bits per heavy atom. The van der Waals surface area contributed by atoms with Crippen molar-refractivity contribution < 1.29 is 9.21 Å². The molecule has 0 radical (unpaired) electrons. The van der Waals surface area contributed by atoms with Crippen LogP contribution in [-0.4, -0.2) is 5.91 Å². The average Bonchev–Trinajstić information content (AvgIpc) is 2.80. The number of hydrogen-bond donors (Lipinski definition) is 2. The van der Waals surface area contributed by atoms with Crippen molar-refractivity contribution in [1.82, 2.24) is 0 Å². The fraction of sp³-hybridized carbons (Fsp3) is 0.154. The zero-order chi connectivity index (χ0) is 12.3. The van der Waals surface area contributed by atoms with Gasteiger partial charge in [-0.25, -0.2) is 0 Å². The third-order valence-corrected chi connectivity index (χ3v) is 2.52. The van der Waals surface area contributed by atoms with E-state index >= 15 is 0 Å². The van der Waals surface area contributed by atoms with Gasteiger partial charge >= 0.3 is 0 Å². The molecule has 4 nitrogen and oxygen atoms in total. The predicted molar refractivity (Wildman–Crippen MR) is 66.9 cm³/mol. The van der Waals surface area contributed by atoms with Crippen molar-refractivity contribution in [3.8, 4) is 0 Å². The van der Waals surface area contributed by atoms with Crippen LogP contribution >= 0.6 is 0 Å². The van der Waals surface area contributed by atoms with E-state index in [1.54, 1.807) is 18.2 Å². The fourth-order valence-electron chi connectivity index (χ4n) is 1.62. The van der Waals surface area contributed by atoms with Crippen LogP contribution < -0.4 is 11.1 Å². The summed E-state index contributed by atoms with van der Waals surface area (Å²) in [6, 6.07) is 8.81. The quantitative estimate of drug-likeness (QED) is 0.796. The fourth-order valence-corrected chi connectivity index (χ4v) is 1.62. The summed E-state index contributed by atoms with van der Waals surface area (Å²) in [7, 11) is 0. The van der Waals surface area contributed by atoms with Gasteiger partial charge in [0.25, 0.3) is 5.91 Å². The third kappa shape index (κ3) is 2.30. The molecule has 0 fully saturated rings. The lowest BCUT2D eigenvalue weighted by molar-refractivity contribution is 0.102. The number of amides is 1. The first-order valence-corrected chi connectivity index (χ1v) is 5.44. The number of hydrogen-bond acceptors (Lipinski definition) is 3. The first-order chi connectivity index (χ1) is 8.22. The number of benzene rings is 1. The summed E-state index contributed by atoms with van der Waals surface area (Å²) >= 11 is 0. The van der Waals surface area contributed by atoms with Gasteiger partial charge in [-0.05, 0) is 18.2 Å². The Bertz CT molecular complexity index is 532. The van der Waals surface area contributed by atoms with Crippen LogP contribution in [0.4, 0.5) is 11.4 Å². The van der Waals surface area contributed by atoms with Crippen molar-refractivity contribution in [2.24, 2.45) is 0 Å². The highest BCUT2D eigenvalue weighted by molar-refractivity contribution is 6.06. The van der Waals surface area contributed by atoms with Crippen molar-refractivity contribution >= 4 is 17.3 Å². The lowest BCUT2D eigenvalue weighted by Gasteiger charge is -2.07. The molecular weight excluding hydrogens is 216 g/mol. The lowest BCUT2D eigenvalue weighted by Crippen LogP contribution is -2.13. The molecule has 0 saturated heterocycles. The number of nitrogens with two attached hydrogens (primary N) is 1. The molecule has 17 heavy (non-hydrogen) atoms. The van der Waals surface area contributed by atoms with Gasteiger partial charge in [0, 0.05) is 6.42 Å². The molecule has 2 rings (SSSR count). The van der Waals surface area contributed by atoms with Gasteiger partial charge in [0.1, 0.15) is 5.76 Å². The minimum absolute atomic E-state index is 0.200. The van der Waals surface area contributed by atoms with Gasteiger partial charge in [-0.3, -0.25) is 4.79 Å². The van der Waals surface area contributed by atoms with Gasteiger partial charge in [0.15, 0.2) is 0 Å². The molecule has 0 saturated carbocycles. The predicted octanol–water partition coefficient (Wildman–Crippen LogP) is 2.68. The van der Waals surface area contributed by atoms with Crippen LogP contribution in [0.3, 0.4) is 0 Å². The summed E-state index contributed by atoms with van der Waals surface area (Å²) in [4.78, 5) is 12.0. The van der Waals surface area contributed by atoms with E-state index in [-0.39, 0.29) is 5.91 Å². The van der Waals surface area contributed by atoms with Gasteiger partial charge in [0.05, 0.1) is 23.2 Å². The van der Waals surface area contributed by atoms with Gasteiger partial charge in [-0.15, -0.1) is 0 Å². The number of para-hydroxylation sites is 2. The summed E-state index contributed by atoms with van der Waals surface area (Å²) in [5.41, 5.74) is 7.46. The molecule has 4 heteroatoms. The number of nitrogen functional groups attached to an aromatic ring is 1. The van der Waals surface area contributed by atoms with E-state index in [1.165, 1.54) is 6.26 Å². The largest absolute Gasteiger partial charge is 0.469 e. The molecule has 0 aliphatic rings. The number of furan rings is 1. The van der Waals surface area contributed by atoms with E-state index < -0.39 is 0 Å². The molecule has 1 heterocycles. The van der Waals surface area contributed by atoms with Crippen LogP contribution in [0.25, 0.3) is 0 Å². The Morgan fingerprint density at radius 2 is 2.12 bits per heavy atom. The highest BCUT2D eigenvalue weighted by Gasteiger charge is 2.13. The molecular formula is C13H14N2O2. The van der Waals surface area contributed by atoms with Crippen LogP contribution in [0.5, 0.6) is 0 Å². The maximum Gasteiger partial charge on any atom is 0.259 e. The molecule has 0 aliphatic heterocycles. The molecule has 2 aromatic rings. The molecule has 3 N–H and O–H groups in total. The second kappa shape index (κ2) is 4.74. The van der Waals surface area contributed by atoms with Crippen molar-refractivity contribution in [3.63, 3.8) is 0 Å². The van der Waals surface area contributed by atoms with Crippen molar-refractivity contribution in [1.29, 1.82) is 0 Å². The molecule has 0 bridgehead atoms. The van der Waals surface area contributed by atoms with Crippen molar-refractivity contribution in [3.05, 3.63) is 47.9 Å². The summed E-state index contributed by atoms with van der Waals surface area (Å²) in [5.74, 6) is 0.477. The number of carbonyl (C=O) groups is 1. The number of carbonyl (C=O) groups excluding carboxylic acids is 1. The third-order valence-electron chi connectivity index (χ3n) is 2.52. The molecule has 0 aliphatic carbocycles. The zero-order valence-corrected chi connectivity index (χ0v) is 9.57. The molecule has 1 amide bonds. The summed E-state index contributed by atoms with van der Waals surface area (Å²) in [5, 5.41) is 2.76. The van der Waals surface area contributed by atoms with Crippen LogP contribution in [-0.2, 0) is 6.42 Å². The maximum absolute atomic E-state index is 12.0. The Labute approximate surface area is 99.4 Å². The van der Waals surface area contributed by atoms with E-state index in [0.29, 0.717) is 29.1 Å². The monoisotopic (exact) mass is 230 g/mol. The summed E-state index contributed by atoms with van der Waals surface area (Å²) in [6.07, 6.45) is 2.20. The zero-order valence-electron chi connectivity index (χ0n) is 9.57. The normalized spacial score (nSPS) is 10.2. The van der Waals surface area contributed by atoms with Gasteiger partial charge in [-0.1, -0.05) is 19.1 Å². The smallest absolute Gasteiger partial charge is 0.259 e. The maximum atomic E-state index is 12.0. The van der Waals surface area contributed by atoms with E-state index in [0.717, 1.165) is 0 Å². The van der Waals surface area contributed by atoms with Crippen molar-refractivity contribution in [2.75, 3.05) is 11.1 Å². The minimum Gasteiger partial charge on any atom is -0.469 e. The number of nitrogens with one attached hydrogen (secondary N) is 1. The van der Waals surface area contributed by atoms with E-state index in [2.05, 4.69) is 5.32 Å². The molecule has 1 aromatic heterocycles. The van der Waals surface area contributed by atoms with Crippen LogP contribution in [0.2, 0.25) is 0 Å².